The fourth-order valence-electron chi connectivity index (χ4n) is 5.66. The summed E-state index contributed by atoms with van der Waals surface area (Å²) in [6.45, 7) is 0.261. The van der Waals surface area contributed by atoms with Crippen molar-refractivity contribution in [2.45, 2.75) is 63.2 Å². The second kappa shape index (κ2) is 11.4. The van der Waals surface area contributed by atoms with Crippen molar-refractivity contribution in [3.8, 4) is 11.5 Å². The van der Waals surface area contributed by atoms with Crippen molar-refractivity contribution in [3.05, 3.63) is 48.0 Å². The molecule has 2 heterocycles. The highest BCUT2D eigenvalue weighted by Gasteiger charge is 2.39. The van der Waals surface area contributed by atoms with Gasteiger partial charge in [-0.15, -0.1) is 0 Å². The van der Waals surface area contributed by atoms with Gasteiger partial charge in [0.1, 0.15) is 24.2 Å². The molecule has 202 valence electrons. The van der Waals surface area contributed by atoms with Crippen LogP contribution >= 0.6 is 0 Å². The predicted octanol–water partition coefficient (Wildman–Crippen LogP) is 4.23. The standard InChI is InChI=1S/C29H35N3O6/c1-32-24-12-11-22(16-27(33)30-19-8-5-9-21(14-19)36-2)38-26(24)17-37-25-13-10-20(15-23(25)29(32)35)31-28(34)18-6-3-4-7-18/h5,8-10,13-15,18,22,24,26H,3-4,6-7,11-12,16-17H2,1-2H3,(H,30,33)(H,31,34)/t22-,24-,26-/m0/s1. The van der Waals surface area contributed by atoms with Crippen molar-refractivity contribution < 1.29 is 28.6 Å². The minimum atomic E-state index is -0.359. The summed E-state index contributed by atoms with van der Waals surface area (Å²) in [6, 6.07) is 12.2. The van der Waals surface area contributed by atoms with Crippen LogP contribution in [0.3, 0.4) is 0 Å². The Morgan fingerprint density at radius 2 is 1.82 bits per heavy atom. The number of carbonyl (C=O) groups excluding carboxylic acids is 3. The van der Waals surface area contributed by atoms with Gasteiger partial charge in [-0.1, -0.05) is 18.9 Å². The lowest BCUT2D eigenvalue weighted by Crippen LogP contribution is -2.53. The van der Waals surface area contributed by atoms with E-state index in [9.17, 15) is 14.4 Å². The molecule has 3 atom stereocenters. The number of likely N-dealkylation sites (N-methyl/N-ethyl adjacent to an activating group) is 1. The second-order valence-corrected chi connectivity index (χ2v) is 10.3. The zero-order valence-corrected chi connectivity index (χ0v) is 21.9. The number of hydrogen-bond acceptors (Lipinski definition) is 6. The average Bonchev–Trinajstić information content (AvgIpc) is 3.46. The molecule has 1 saturated carbocycles. The third-order valence-corrected chi connectivity index (χ3v) is 7.77. The minimum absolute atomic E-state index is 0.0113. The molecule has 5 rings (SSSR count). The van der Waals surface area contributed by atoms with Crippen molar-refractivity contribution in [1.29, 1.82) is 0 Å². The Morgan fingerprint density at radius 1 is 1.03 bits per heavy atom. The van der Waals surface area contributed by atoms with Gasteiger partial charge in [-0.05, 0) is 56.0 Å². The molecule has 1 aliphatic carbocycles. The number of methoxy groups -OCH3 is 1. The van der Waals surface area contributed by atoms with Crippen molar-refractivity contribution in [1.82, 2.24) is 4.90 Å². The van der Waals surface area contributed by atoms with E-state index in [-0.39, 0.29) is 54.9 Å². The van der Waals surface area contributed by atoms with Gasteiger partial charge in [0.2, 0.25) is 11.8 Å². The highest BCUT2D eigenvalue weighted by molar-refractivity contribution is 6.00. The lowest BCUT2D eigenvalue weighted by molar-refractivity contribution is -0.130. The maximum absolute atomic E-state index is 13.5. The Kier molecular flexibility index (Phi) is 7.83. The molecule has 2 aromatic rings. The summed E-state index contributed by atoms with van der Waals surface area (Å²) in [5.74, 6) is 0.859. The normalized spacial score (nSPS) is 23.4. The van der Waals surface area contributed by atoms with Crippen LogP contribution in [0.5, 0.6) is 11.5 Å². The van der Waals surface area contributed by atoms with E-state index in [1.807, 2.05) is 18.2 Å². The summed E-state index contributed by atoms with van der Waals surface area (Å²) in [7, 11) is 3.36. The number of fused-ring (bicyclic) bond motifs is 2. The lowest BCUT2D eigenvalue weighted by Gasteiger charge is -2.42. The van der Waals surface area contributed by atoms with Crippen LogP contribution in [-0.4, -0.2) is 61.6 Å². The first-order valence-corrected chi connectivity index (χ1v) is 13.4. The number of amides is 3. The van der Waals surface area contributed by atoms with Crippen molar-refractivity contribution in [2.75, 3.05) is 31.4 Å². The van der Waals surface area contributed by atoms with Gasteiger partial charge in [-0.25, -0.2) is 0 Å². The summed E-state index contributed by atoms with van der Waals surface area (Å²) in [5.41, 5.74) is 1.69. The number of hydrogen-bond donors (Lipinski definition) is 2. The first kappa shape index (κ1) is 26.0. The Labute approximate surface area is 222 Å². The van der Waals surface area contributed by atoms with Crippen molar-refractivity contribution in [2.24, 2.45) is 5.92 Å². The van der Waals surface area contributed by atoms with Crippen LogP contribution < -0.4 is 20.1 Å². The van der Waals surface area contributed by atoms with Gasteiger partial charge in [0, 0.05) is 30.4 Å². The molecule has 9 nitrogen and oxygen atoms in total. The number of nitrogens with one attached hydrogen (secondary N) is 2. The van der Waals surface area contributed by atoms with E-state index in [0.29, 0.717) is 41.3 Å². The molecular formula is C29H35N3O6. The second-order valence-electron chi connectivity index (χ2n) is 10.3. The molecule has 2 aliphatic heterocycles. The Bertz CT molecular complexity index is 1190. The zero-order valence-electron chi connectivity index (χ0n) is 21.9. The number of ether oxygens (including phenoxy) is 3. The first-order valence-electron chi connectivity index (χ1n) is 13.4. The average molecular weight is 522 g/mol. The molecule has 9 heteroatoms. The van der Waals surface area contributed by atoms with Gasteiger partial charge in [0.15, 0.2) is 0 Å². The molecule has 3 amide bonds. The van der Waals surface area contributed by atoms with Gasteiger partial charge in [-0.3, -0.25) is 14.4 Å². The largest absolute Gasteiger partial charge is 0.497 e. The molecule has 2 fully saturated rings. The van der Waals surface area contributed by atoms with E-state index < -0.39 is 0 Å². The van der Waals surface area contributed by atoms with Crippen LogP contribution in [0.15, 0.2) is 42.5 Å². The van der Waals surface area contributed by atoms with Gasteiger partial charge in [0.05, 0.1) is 31.2 Å². The van der Waals surface area contributed by atoms with Crippen LogP contribution in [-0.2, 0) is 14.3 Å². The summed E-state index contributed by atoms with van der Waals surface area (Å²) >= 11 is 0. The summed E-state index contributed by atoms with van der Waals surface area (Å²) < 4.78 is 17.6. The van der Waals surface area contributed by atoms with Crippen molar-refractivity contribution in [3.63, 3.8) is 0 Å². The maximum atomic E-state index is 13.5. The summed E-state index contributed by atoms with van der Waals surface area (Å²) in [4.78, 5) is 40.4. The van der Waals surface area contributed by atoms with E-state index in [1.165, 1.54) is 0 Å². The number of benzene rings is 2. The third kappa shape index (κ3) is 5.78. The quantitative estimate of drug-likeness (QED) is 0.589. The Morgan fingerprint density at radius 3 is 2.61 bits per heavy atom. The third-order valence-electron chi connectivity index (χ3n) is 7.77. The van der Waals surface area contributed by atoms with Crippen molar-refractivity contribution >= 4 is 29.1 Å². The smallest absolute Gasteiger partial charge is 0.257 e. The van der Waals surface area contributed by atoms with Gasteiger partial charge >= 0.3 is 0 Å². The molecule has 0 aromatic heterocycles. The molecule has 0 unspecified atom stereocenters. The zero-order chi connectivity index (χ0) is 26.6. The predicted molar refractivity (Wildman–Crippen MR) is 143 cm³/mol. The maximum Gasteiger partial charge on any atom is 0.257 e. The highest BCUT2D eigenvalue weighted by atomic mass is 16.5. The molecule has 2 N–H and O–H groups in total. The number of carbonyl (C=O) groups is 3. The molecule has 3 aliphatic rings. The Balaban J connectivity index is 1.22. The molecular weight excluding hydrogens is 486 g/mol. The van der Waals surface area contributed by atoms with E-state index >= 15 is 0 Å². The van der Waals surface area contributed by atoms with Gasteiger partial charge < -0.3 is 29.7 Å². The first-order chi connectivity index (χ1) is 18.4. The molecule has 0 bridgehead atoms. The highest BCUT2D eigenvalue weighted by Crippen LogP contribution is 2.33. The fraction of sp³-hybridized carbons (Fsp3) is 0.483. The topological polar surface area (TPSA) is 106 Å². The van der Waals surface area contributed by atoms with Gasteiger partial charge in [-0.2, -0.15) is 0 Å². The van der Waals surface area contributed by atoms with Crippen LogP contribution in [0.1, 0.15) is 55.3 Å². The van der Waals surface area contributed by atoms with E-state index in [2.05, 4.69) is 10.6 Å². The summed E-state index contributed by atoms with van der Waals surface area (Å²) in [5, 5.41) is 5.87. The summed E-state index contributed by atoms with van der Waals surface area (Å²) in [6.07, 6.45) is 4.90. The lowest BCUT2D eigenvalue weighted by atomic mass is 9.94. The number of rotatable bonds is 6. The van der Waals surface area contributed by atoms with E-state index in [1.54, 1.807) is 43.3 Å². The number of anilines is 2. The molecule has 1 saturated heterocycles. The van der Waals surface area contributed by atoms with Crippen LogP contribution in [0.25, 0.3) is 0 Å². The molecule has 2 aromatic carbocycles. The van der Waals surface area contributed by atoms with E-state index in [4.69, 9.17) is 14.2 Å². The molecule has 0 radical (unpaired) electrons. The SMILES string of the molecule is COc1cccc(NC(=O)C[C@@H]2CC[C@H]3[C@H](COc4ccc(NC(=O)C5CCCC5)cc4C(=O)N3C)O2)c1. The number of nitrogens with zero attached hydrogens (tertiary/aromatic N) is 1. The minimum Gasteiger partial charge on any atom is -0.497 e. The van der Waals surface area contributed by atoms with Crippen LogP contribution in [0.2, 0.25) is 0 Å². The van der Waals surface area contributed by atoms with Gasteiger partial charge in [0.25, 0.3) is 5.91 Å². The molecule has 38 heavy (non-hydrogen) atoms. The molecule has 0 spiro atoms. The monoisotopic (exact) mass is 521 g/mol. The van der Waals surface area contributed by atoms with Crippen LogP contribution in [0.4, 0.5) is 11.4 Å². The van der Waals surface area contributed by atoms with Crippen LogP contribution in [0, 0.1) is 5.92 Å². The Hall–Kier alpha value is -3.59. The fourth-order valence-corrected chi connectivity index (χ4v) is 5.66. The van der Waals surface area contributed by atoms with E-state index in [0.717, 1.165) is 25.7 Å².